The molecule has 1 aliphatic rings. The average molecular weight is 456 g/mol. The third-order valence-corrected chi connectivity index (χ3v) is 8.17. The third-order valence-electron chi connectivity index (χ3n) is 6.12. The molecule has 8 heteroatoms. The molecular weight excluding hydrogens is 426 g/mol. The van der Waals surface area contributed by atoms with Gasteiger partial charge in [0.15, 0.2) is 0 Å². The minimum atomic E-state index is -3.66. The Hall–Kier alpha value is -2.84. The fraction of sp³-hybridized carbons (Fsp3) is 0.375. The standard InChI is InChI=1S/C24H29N3O4S/c1-4-27(5-2)32(29,30)17-11-13-23(31-3)22(15-17)26-24(28)16-10-12-21-19(14-16)18-8-6-7-9-20(18)25-21/h10-15,25H,4-9H2,1-3H3,(H,26,28). The fourth-order valence-electron chi connectivity index (χ4n) is 4.40. The van der Waals surface area contributed by atoms with E-state index in [2.05, 4.69) is 10.3 Å². The van der Waals surface area contributed by atoms with Gasteiger partial charge in [-0.1, -0.05) is 13.8 Å². The van der Waals surface area contributed by atoms with Crippen LogP contribution in [0.25, 0.3) is 10.9 Å². The van der Waals surface area contributed by atoms with Crippen LogP contribution in [0.3, 0.4) is 0 Å². The van der Waals surface area contributed by atoms with Crippen LogP contribution in [0.2, 0.25) is 0 Å². The van der Waals surface area contributed by atoms with Gasteiger partial charge in [-0.25, -0.2) is 8.42 Å². The molecule has 1 heterocycles. The second kappa shape index (κ2) is 8.96. The van der Waals surface area contributed by atoms with Crippen LogP contribution in [0, 0.1) is 0 Å². The van der Waals surface area contributed by atoms with Crippen LogP contribution < -0.4 is 10.1 Å². The molecule has 0 aliphatic heterocycles. The lowest BCUT2D eigenvalue weighted by molar-refractivity contribution is 0.102. The number of hydrogen-bond acceptors (Lipinski definition) is 4. The summed E-state index contributed by atoms with van der Waals surface area (Å²) in [4.78, 5) is 16.7. The van der Waals surface area contributed by atoms with Crippen molar-refractivity contribution >= 4 is 32.5 Å². The number of H-pyrrole nitrogens is 1. The molecule has 0 atom stereocenters. The molecule has 3 aromatic rings. The Bertz CT molecular complexity index is 1260. The summed E-state index contributed by atoms with van der Waals surface area (Å²) < 4.78 is 32.6. The number of carbonyl (C=O) groups excluding carboxylic acids is 1. The molecule has 2 N–H and O–H groups in total. The maximum absolute atomic E-state index is 13.1. The van der Waals surface area contributed by atoms with Gasteiger partial charge in [0.2, 0.25) is 10.0 Å². The molecule has 0 saturated heterocycles. The fourth-order valence-corrected chi connectivity index (χ4v) is 5.88. The molecule has 4 rings (SSSR count). The molecule has 1 amide bonds. The summed E-state index contributed by atoms with van der Waals surface area (Å²) >= 11 is 0. The molecular formula is C24H29N3O4S. The van der Waals surface area contributed by atoms with Crippen molar-refractivity contribution in [3.8, 4) is 5.75 Å². The van der Waals surface area contributed by atoms with Crippen LogP contribution in [0.1, 0.15) is 48.3 Å². The number of benzene rings is 2. The largest absolute Gasteiger partial charge is 0.495 e. The minimum Gasteiger partial charge on any atom is -0.495 e. The van der Waals surface area contributed by atoms with Gasteiger partial charge in [-0.3, -0.25) is 4.79 Å². The minimum absolute atomic E-state index is 0.118. The SMILES string of the molecule is CCN(CC)S(=O)(=O)c1ccc(OC)c(NC(=O)c2ccc3[nH]c4c(c3c2)CCCC4)c1. The Morgan fingerprint density at radius 3 is 2.56 bits per heavy atom. The molecule has 0 radical (unpaired) electrons. The van der Waals surface area contributed by atoms with E-state index in [0.717, 1.165) is 30.2 Å². The molecule has 2 aromatic carbocycles. The highest BCUT2D eigenvalue weighted by atomic mass is 32.2. The van der Waals surface area contributed by atoms with E-state index in [-0.39, 0.29) is 10.8 Å². The van der Waals surface area contributed by atoms with Crippen molar-refractivity contribution in [1.82, 2.24) is 9.29 Å². The van der Waals surface area contributed by atoms with Crippen molar-refractivity contribution in [2.24, 2.45) is 0 Å². The van der Waals surface area contributed by atoms with E-state index in [0.29, 0.717) is 30.1 Å². The molecule has 0 saturated carbocycles. The molecule has 7 nitrogen and oxygen atoms in total. The van der Waals surface area contributed by atoms with Crippen LogP contribution in [-0.4, -0.2) is 43.8 Å². The van der Waals surface area contributed by atoms with Crippen LogP contribution in [0.5, 0.6) is 5.75 Å². The van der Waals surface area contributed by atoms with Crippen LogP contribution in [-0.2, 0) is 22.9 Å². The molecule has 32 heavy (non-hydrogen) atoms. The Balaban J connectivity index is 1.67. The van der Waals surface area contributed by atoms with Crippen molar-refractivity contribution in [2.75, 3.05) is 25.5 Å². The van der Waals surface area contributed by atoms with Gasteiger partial charge in [-0.05, 0) is 67.6 Å². The molecule has 0 unspecified atom stereocenters. The Kier molecular flexibility index (Phi) is 6.26. The summed E-state index contributed by atoms with van der Waals surface area (Å²) in [5.74, 6) is 0.0882. The van der Waals surface area contributed by atoms with Gasteiger partial charge in [0.1, 0.15) is 5.75 Å². The number of ether oxygens (including phenoxy) is 1. The predicted molar refractivity (Wildman–Crippen MR) is 126 cm³/mol. The zero-order chi connectivity index (χ0) is 22.9. The lowest BCUT2D eigenvalue weighted by atomic mass is 9.95. The van der Waals surface area contributed by atoms with Gasteiger partial charge in [0.25, 0.3) is 5.91 Å². The second-order valence-corrected chi connectivity index (χ2v) is 9.89. The zero-order valence-electron chi connectivity index (χ0n) is 18.7. The first-order valence-corrected chi connectivity index (χ1v) is 12.5. The van der Waals surface area contributed by atoms with Crippen molar-refractivity contribution in [1.29, 1.82) is 0 Å². The zero-order valence-corrected chi connectivity index (χ0v) is 19.5. The maximum Gasteiger partial charge on any atom is 0.255 e. The molecule has 0 bridgehead atoms. The van der Waals surface area contributed by atoms with Gasteiger partial charge in [0.05, 0.1) is 17.7 Å². The number of anilines is 1. The quantitative estimate of drug-likeness (QED) is 0.554. The molecule has 170 valence electrons. The number of sulfonamides is 1. The number of aromatic amines is 1. The van der Waals surface area contributed by atoms with E-state index in [4.69, 9.17) is 4.74 Å². The monoisotopic (exact) mass is 455 g/mol. The number of amides is 1. The normalized spacial score (nSPS) is 13.9. The van der Waals surface area contributed by atoms with Gasteiger partial charge in [-0.15, -0.1) is 0 Å². The van der Waals surface area contributed by atoms with Crippen molar-refractivity contribution in [3.63, 3.8) is 0 Å². The summed E-state index contributed by atoms with van der Waals surface area (Å²) in [6, 6.07) is 10.1. The predicted octanol–water partition coefficient (Wildman–Crippen LogP) is 4.34. The third kappa shape index (κ3) is 4.00. The highest BCUT2D eigenvalue weighted by Crippen LogP contribution is 2.32. The number of hydrogen-bond donors (Lipinski definition) is 2. The van der Waals surface area contributed by atoms with Gasteiger partial charge >= 0.3 is 0 Å². The first kappa shape index (κ1) is 22.4. The molecule has 0 spiro atoms. The van der Waals surface area contributed by atoms with E-state index in [1.54, 1.807) is 26.0 Å². The number of fused-ring (bicyclic) bond motifs is 3. The highest BCUT2D eigenvalue weighted by molar-refractivity contribution is 7.89. The number of aryl methyl sites for hydroxylation is 2. The van der Waals surface area contributed by atoms with Crippen LogP contribution >= 0.6 is 0 Å². The van der Waals surface area contributed by atoms with E-state index in [9.17, 15) is 13.2 Å². The number of aromatic nitrogens is 1. The first-order valence-electron chi connectivity index (χ1n) is 11.0. The number of rotatable bonds is 7. The number of carbonyl (C=O) groups is 1. The van der Waals surface area contributed by atoms with Crippen molar-refractivity contribution in [2.45, 2.75) is 44.4 Å². The van der Waals surface area contributed by atoms with E-state index in [1.165, 1.54) is 41.2 Å². The first-order chi connectivity index (χ1) is 15.4. The summed E-state index contributed by atoms with van der Waals surface area (Å²) in [6.07, 6.45) is 4.39. The number of methoxy groups -OCH3 is 1. The average Bonchev–Trinajstić information content (AvgIpc) is 3.17. The Morgan fingerprint density at radius 2 is 1.84 bits per heavy atom. The van der Waals surface area contributed by atoms with E-state index < -0.39 is 10.0 Å². The molecule has 1 aliphatic carbocycles. The summed E-state index contributed by atoms with van der Waals surface area (Å²) in [5.41, 5.74) is 4.44. The van der Waals surface area contributed by atoms with Crippen LogP contribution in [0.4, 0.5) is 5.69 Å². The van der Waals surface area contributed by atoms with Crippen molar-refractivity contribution < 1.29 is 17.9 Å². The Morgan fingerprint density at radius 1 is 1.09 bits per heavy atom. The lowest BCUT2D eigenvalue weighted by Crippen LogP contribution is -2.30. The summed E-state index contributed by atoms with van der Waals surface area (Å²) in [7, 11) is -2.17. The molecule has 1 aromatic heterocycles. The summed E-state index contributed by atoms with van der Waals surface area (Å²) in [5, 5.41) is 3.93. The van der Waals surface area contributed by atoms with Gasteiger partial charge in [0, 0.05) is 35.2 Å². The Labute approximate surface area is 188 Å². The summed E-state index contributed by atoms with van der Waals surface area (Å²) in [6.45, 7) is 4.33. The van der Waals surface area contributed by atoms with E-state index >= 15 is 0 Å². The second-order valence-electron chi connectivity index (χ2n) is 7.96. The van der Waals surface area contributed by atoms with E-state index in [1.807, 2.05) is 12.1 Å². The smallest absolute Gasteiger partial charge is 0.255 e. The topological polar surface area (TPSA) is 91.5 Å². The van der Waals surface area contributed by atoms with Crippen molar-refractivity contribution in [3.05, 3.63) is 53.2 Å². The van der Waals surface area contributed by atoms with Gasteiger partial charge < -0.3 is 15.0 Å². The maximum atomic E-state index is 13.1. The highest BCUT2D eigenvalue weighted by Gasteiger charge is 2.24. The van der Waals surface area contributed by atoms with Gasteiger partial charge in [-0.2, -0.15) is 4.31 Å². The number of nitrogens with one attached hydrogen (secondary N) is 2. The molecule has 0 fully saturated rings. The lowest BCUT2D eigenvalue weighted by Gasteiger charge is -2.19. The number of nitrogens with zero attached hydrogens (tertiary/aromatic N) is 1. The van der Waals surface area contributed by atoms with Crippen LogP contribution in [0.15, 0.2) is 41.3 Å².